The van der Waals surface area contributed by atoms with Gasteiger partial charge in [-0.2, -0.15) is 10.5 Å². The number of hydrogen-bond donors (Lipinski definition) is 0. The number of fused-ring (bicyclic) bond motifs is 3. The molecule has 0 bridgehead atoms. The van der Waals surface area contributed by atoms with Gasteiger partial charge in [0, 0.05) is 38.7 Å². The Bertz CT molecular complexity index is 2920. The van der Waals surface area contributed by atoms with Gasteiger partial charge in [0.2, 0.25) is 0 Å². The molecule has 0 saturated heterocycles. The highest BCUT2D eigenvalue weighted by Gasteiger charge is 2.21. The lowest BCUT2D eigenvalue weighted by Crippen LogP contribution is -2.03. The standard InChI is InChI=1S/C47H27FN6/c48-42-17-9-7-15-38(42)37-23-21-35(27-41(37)47-52-45(31-11-3-1-4-12-31)51-46(53-47)32-13-5-2-6-14-32)54-43-18-10-8-16-39(43)40-26-33(20-24-44(40)54)36-22-19-30(28-49)25-34(36)29-50/h1-27H. The van der Waals surface area contributed by atoms with Gasteiger partial charge in [0.25, 0.3) is 0 Å². The Labute approximate surface area is 310 Å². The Morgan fingerprint density at radius 2 is 1.07 bits per heavy atom. The smallest absolute Gasteiger partial charge is 0.164 e. The van der Waals surface area contributed by atoms with E-state index < -0.39 is 0 Å². The number of nitriles is 2. The van der Waals surface area contributed by atoms with Gasteiger partial charge in [0.15, 0.2) is 17.5 Å². The number of aromatic nitrogens is 4. The molecule has 9 rings (SSSR count). The summed E-state index contributed by atoms with van der Waals surface area (Å²) in [6.45, 7) is 0. The van der Waals surface area contributed by atoms with Gasteiger partial charge in [-0.1, -0.05) is 115 Å². The fourth-order valence-electron chi connectivity index (χ4n) is 7.08. The second kappa shape index (κ2) is 13.4. The highest BCUT2D eigenvalue weighted by atomic mass is 19.1. The molecule has 0 aliphatic heterocycles. The minimum Gasteiger partial charge on any atom is -0.309 e. The molecule has 0 aliphatic rings. The summed E-state index contributed by atoms with van der Waals surface area (Å²) in [5, 5.41) is 21.4. The highest BCUT2D eigenvalue weighted by molar-refractivity contribution is 6.10. The lowest BCUT2D eigenvalue weighted by atomic mass is 9.97. The maximum absolute atomic E-state index is 15.6. The molecule has 0 aliphatic carbocycles. The topological polar surface area (TPSA) is 91.2 Å². The number of benzene rings is 7. The van der Waals surface area contributed by atoms with E-state index in [1.165, 1.54) is 6.07 Å². The summed E-state index contributed by atoms with van der Waals surface area (Å²) in [5.41, 5.74) is 8.65. The van der Waals surface area contributed by atoms with Crippen LogP contribution in [0.3, 0.4) is 0 Å². The molecule has 252 valence electrons. The van der Waals surface area contributed by atoms with E-state index in [0.717, 1.165) is 49.7 Å². The third kappa shape index (κ3) is 5.63. The Hall–Kier alpha value is -7.74. The van der Waals surface area contributed by atoms with E-state index in [9.17, 15) is 10.5 Å². The zero-order chi connectivity index (χ0) is 36.6. The van der Waals surface area contributed by atoms with Crippen LogP contribution in [-0.4, -0.2) is 19.5 Å². The third-order valence-electron chi connectivity index (χ3n) is 9.62. The van der Waals surface area contributed by atoms with E-state index in [-0.39, 0.29) is 5.82 Å². The van der Waals surface area contributed by atoms with E-state index in [1.807, 2.05) is 109 Å². The van der Waals surface area contributed by atoms with Crippen LogP contribution in [-0.2, 0) is 0 Å². The van der Waals surface area contributed by atoms with Gasteiger partial charge in [-0.05, 0) is 65.2 Å². The number of halogens is 1. The van der Waals surface area contributed by atoms with Crippen LogP contribution >= 0.6 is 0 Å². The second-order valence-electron chi connectivity index (χ2n) is 12.8. The minimum absolute atomic E-state index is 0.351. The quantitative estimate of drug-likeness (QED) is 0.173. The molecule has 7 aromatic carbocycles. The van der Waals surface area contributed by atoms with Crippen molar-refractivity contribution in [2.24, 2.45) is 0 Å². The number of hydrogen-bond acceptors (Lipinski definition) is 5. The zero-order valence-corrected chi connectivity index (χ0v) is 28.6. The normalized spacial score (nSPS) is 11.0. The van der Waals surface area contributed by atoms with Crippen LogP contribution in [0, 0.1) is 28.5 Å². The Morgan fingerprint density at radius 3 is 1.78 bits per heavy atom. The van der Waals surface area contributed by atoms with Gasteiger partial charge in [0.05, 0.1) is 34.3 Å². The number of nitrogens with zero attached hydrogens (tertiary/aromatic N) is 6. The van der Waals surface area contributed by atoms with Crippen molar-refractivity contribution in [3.63, 3.8) is 0 Å². The van der Waals surface area contributed by atoms with Gasteiger partial charge >= 0.3 is 0 Å². The molecule has 2 aromatic heterocycles. The first-order valence-electron chi connectivity index (χ1n) is 17.3. The zero-order valence-electron chi connectivity index (χ0n) is 28.6. The van der Waals surface area contributed by atoms with Crippen molar-refractivity contribution in [1.29, 1.82) is 10.5 Å². The van der Waals surface area contributed by atoms with Crippen molar-refractivity contribution in [3.05, 3.63) is 181 Å². The molecule has 6 nitrogen and oxygen atoms in total. The van der Waals surface area contributed by atoms with Gasteiger partial charge in [0.1, 0.15) is 5.82 Å². The van der Waals surface area contributed by atoms with Gasteiger partial charge in [-0.3, -0.25) is 0 Å². The van der Waals surface area contributed by atoms with E-state index >= 15 is 4.39 Å². The summed E-state index contributed by atoms with van der Waals surface area (Å²) >= 11 is 0. The average Bonchev–Trinajstić information content (AvgIpc) is 3.57. The summed E-state index contributed by atoms with van der Waals surface area (Å²) in [4.78, 5) is 15.0. The van der Waals surface area contributed by atoms with Crippen molar-refractivity contribution < 1.29 is 4.39 Å². The van der Waals surface area contributed by atoms with Gasteiger partial charge in [-0.15, -0.1) is 0 Å². The van der Waals surface area contributed by atoms with Crippen LogP contribution in [0.2, 0.25) is 0 Å². The maximum atomic E-state index is 15.6. The molecule has 0 amide bonds. The van der Waals surface area contributed by atoms with Crippen LogP contribution in [0.15, 0.2) is 164 Å². The fraction of sp³-hybridized carbons (Fsp3) is 0. The summed E-state index contributed by atoms with van der Waals surface area (Å²) < 4.78 is 17.8. The van der Waals surface area contributed by atoms with E-state index in [0.29, 0.717) is 45.3 Å². The van der Waals surface area contributed by atoms with Crippen LogP contribution < -0.4 is 0 Å². The molecule has 0 radical (unpaired) electrons. The van der Waals surface area contributed by atoms with E-state index in [2.05, 4.69) is 41.0 Å². The minimum atomic E-state index is -0.351. The van der Waals surface area contributed by atoms with E-state index in [1.54, 1.807) is 24.3 Å². The molecular formula is C47H27FN6. The third-order valence-corrected chi connectivity index (χ3v) is 9.62. The van der Waals surface area contributed by atoms with Crippen LogP contribution in [0.5, 0.6) is 0 Å². The Kier molecular flexibility index (Phi) is 8.00. The van der Waals surface area contributed by atoms with E-state index in [4.69, 9.17) is 15.0 Å². The average molecular weight is 695 g/mol. The summed E-state index contributed by atoms with van der Waals surface area (Å²) in [5.74, 6) is 1.08. The van der Waals surface area contributed by atoms with Gasteiger partial charge < -0.3 is 4.57 Å². The fourth-order valence-corrected chi connectivity index (χ4v) is 7.08. The first-order valence-corrected chi connectivity index (χ1v) is 17.3. The molecule has 0 saturated carbocycles. The molecule has 9 aromatic rings. The lowest BCUT2D eigenvalue weighted by Gasteiger charge is -2.16. The predicted octanol–water partition coefficient (Wildman–Crippen LogP) is 11.2. The molecule has 2 heterocycles. The molecule has 0 N–H and O–H groups in total. The van der Waals surface area contributed by atoms with Crippen LogP contribution in [0.25, 0.3) is 83.9 Å². The molecule has 0 fully saturated rings. The molecule has 0 unspecified atom stereocenters. The first kappa shape index (κ1) is 32.2. The Balaban J connectivity index is 1.30. The monoisotopic (exact) mass is 694 g/mol. The summed E-state index contributed by atoms with van der Waals surface area (Å²) in [6.07, 6.45) is 0. The largest absolute Gasteiger partial charge is 0.309 e. The van der Waals surface area contributed by atoms with Crippen LogP contribution in [0.4, 0.5) is 4.39 Å². The molecule has 0 spiro atoms. The Morgan fingerprint density at radius 1 is 0.444 bits per heavy atom. The molecular weight excluding hydrogens is 668 g/mol. The van der Waals surface area contributed by atoms with Crippen molar-refractivity contribution in [1.82, 2.24) is 19.5 Å². The molecule has 0 atom stereocenters. The molecule has 7 heteroatoms. The van der Waals surface area contributed by atoms with Gasteiger partial charge in [-0.25, -0.2) is 19.3 Å². The number of para-hydroxylation sites is 1. The van der Waals surface area contributed by atoms with Crippen molar-refractivity contribution in [2.75, 3.05) is 0 Å². The molecule has 54 heavy (non-hydrogen) atoms. The number of rotatable bonds is 6. The predicted molar refractivity (Wildman–Crippen MR) is 211 cm³/mol. The second-order valence-corrected chi connectivity index (χ2v) is 12.8. The maximum Gasteiger partial charge on any atom is 0.164 e. The van der Waals surface area contributed by atoms with Crippen LogP contribution in [0.1, 0.15) is 11.1 Å². The summed E-state index contributed by atoms with van der Waals surface area (Å²) in [6, 6.07) is 56.1. The summed E-state index contributed by atoms with van der Waals surface area (Å²) in [7, 11) is 0. The van der Waals surface area contributed by atoms with Crippen molar-refractivity contribution in [3.8, 4) is 74.2 Å². The lowest BCUT2D eigenvalue weighted by molar-refractivity contribution is 0.631. The highest BCUT2D eigenvalue weighted by Crippen LogP contribution is 2.39. The van der Waals surface area contributed by atoms with Crippen molar-refractivity contribution >= 4 is 21.8 Å². The SMILES string of the molecule is N#Cc1ccc(-c2ccc3c(c2)c2ccccc2n3-c2ccc(-c3ccccc3F)c(-c3nc(-c4ccccc4)nc(-c4ccccc4)n3)c2)c(C#N)c1. The van der Waals surface area contributed by atoms with Crippen molar-refractivity contribution in [2.45, 2.75) is 0 Å². The first-order chi connectivity index (χ1) is 26.6.